The van der Waals surface area contributed by atoms with Crippen LogP contribution in [0.1, 0.15) is 30.3 Å². The van der Waals surface area contributed by atoms with Gasteiger partial charge in [0.05, 0.1) is 0 Å². The number of anilines is 2. The molecule has 0 radical (unpaired) electrons. The fourth-order valence-corrected chi connectivity index (χ4v) is 2.46. The summed E-state index contributed by atoms with van der Waals surface area (Å²) >= 11 is 6.10. The molecule has 2 rings (SSSR count). The summed E-state index contributed by atoms with van der Waals surface area (Å²) in [7, 11) is 2.01. The van der Waals surface area contributed by atoms with Gasteiger partial charge in [0.15, 0.2) is 0 Å². The zero-order valence-corrected chi connectivity index (χ0v) is 13.2. The second-order valence-corrected chi connectivity index (χ2v) is 5.45. The SMILES string of the molecule is CCCc1nc(Cl)cc(N(C)c2ccc(C)cc2C)n1. The van der Waals surface area contributed by atoms with E-state index in [2.05, 4.69) is 53.8 Å². The minimum absolute atomic E-state index is 0.495. The molecule has 20 heavy (non-hydrogen) atoms. The molecular formula is C16H20ClN3. The van der Waals surface area contributed by atoms with Crippen LogP contribution in [0.3, 0.4) is 0 Å². The lowest BCUT2D eigenvalue weighted by Gasteiger charge is -2.21. The lowest BCUT2D eigenvalue weighted by atomic mass is 10.1. The van der Waals surface area contributed by atoms with Crippen molar-refractivity contribution in [2.45, 2.75) is 33.6 Å². The fraction of sp³-hybridized carbons (Fsp3) is 0.375. The Kier molecular flexibility index (Phi) is 4.61. The van der Waals surface area contributed by atoms with E-state index in [1.165, 1.54) is 11.1 Å². The Morgan fingerprint density at radius 3 is 2.55 bits per heavy atom. The van der Waals surface area contributed by atoms with Crippen molar-refractivity contribution in [1.82, 2.24) is 9.97 Å². The van der Waals surface area contributed by atoms with Crippen molar-refractivity contribution in [1.29, 1.82) is 0 Å². The summed E-state index contributed by atoms with van der Waals surface area (Å²) in [5, 5.41) is 0.495. The number of halogens is 1. The molecule has 3 nitrogen and oxygen atoms in total. The monoisotopic (exact) mass is 289 g/mol. The lowest BCUT2D eigenvalue weighted by molar-refractivity contribution is 0.831. The zero-order valence-electron chi connectivity index (χ0n) is 12.4. The first kappa shape index (κ1) is 14.8. The Morgan fingerprint density at radius 2 is 1.90 bits per heavy atom. The average Bonchev–Trinajstić information content (AvgIpc) is 2.37. The van der Waals surface area contributed by atoms with Gasteiger partial charge in [-0.05, 0) is 31.9 Å². The molecule has 0 spiro atoms. The molecule has 0 bridgehead atoms. The quantitative estimate of drug-likeness (QED) is 0.778. The van der Waals surface area contributed by atoms with Crippen LogP contribution in [0.2, 0.25) is 5.15 Å². The summed E-state index contributed by atoms with van der Waals surface area (Å²) < 4.78 is 0. The largest absolute Gasteiger partial charge is 0.329 e. The minimum atomic E-state index is 0.495. The highest BCUT2D eigenvalue weighted by Crippen LogP contribution is 2.27. The van der Waals surface area contributed by atoms with E-state index in [-0.39, 0.29) is 0 Å². The summed E-state index contributed by atoms with van der Waals surface area (Å²) in [5.41, 5.74) is 3.61. The Hall–Kier alpha value is -1.61. The highest BCUT2D eigenvalue weighted by Gasteiger charge is 2.11. The maximum absolute atomic E-state index is 6.10. The average molecular weight is 290 g/mol. The van der Waals surface area contributed by atoms with Gasteiger partial charge in [0, 0.05) is 25.2 Å². The van der Waals surface area contributed by atoms with Crippen LogP contribution in [-0.4, -0.2) is 17.0 Å². The molecule has 0 atom stereocenters. The molecule has 0 aliphatic heterocycles. The van der Waals surface area contributed by atoms with Gasteiger partial charge in [-0.25, -0.2) is 9.97 Å². The molecule has 0 aliphatic carbocycles. The van der Waals surface area contributed by atoms with Gasteiger partial charge in [-0.3, -0.25) is 0 Å². The predicted octanol–water partition coefficient (Wildman–Crippen LogP) is 4.47. The van der Waals surface area contributed by atoms with Crippen molar-refractivity contribution in [3.8, 4) is 0 Å². The van der Waals surface area contributed by atoms with E-state index >= 15 is 0 Å². The van der Waals surface area contributed by atoms with Crippen molar-refractivity contribution in [3.05, 3.63) is 46.4 Å². The maximum atomic E-state index is 6.10. The first-order valence-corrected chi connectivity index (χ1v) is 7.23. The summed E-state index contributed by atoms with van der Waals surface area (Å²) in [6.07, 6.45) is 1.85. The van der Waals surface area contributed by atoms with Crippen LogP contribution in [-0.2, 0) is 6.42 Å². The van der Waals surface area contributed by atoms with E-state index < -0.39 is 0 Å². The Morgan fingerprint density at radius 1 is 1.15 bits per heavy atom. The number of aryl methyl sites for hydroxylation is 3. The predicted molar refractivity (Wildman–Crippen MR) is 85.0 cm³/mol. The lowest BCUT2D eigenvalue weighted by Crippen LogP contribution is -2.14. The molecule has 0 N–H and O–H groups in total. The molecule has 0 aliphatic rings. The second kappa shape index (κ2) is 6.23. The van der Waals surface area contributed by atoms with E-state index in [1.807, 2.05) is 7.05 Å². The van der Waals surface area contributed by atoms with Crippen molar-refractivity contribution in [2.24, 2.45) is 0 Å². The standard InChI is InChI=1S/C16H20ClN3/c1-5-6-15-18-14(17)10-16(19-15)20(4)13-8-7-11(2)9-12(13)3/h7-10H,5-6H2,1-4H3. The first-order valence-electron chi connectivity index (χ1n) is 6.85. The first-order chi connectivity index (χ1) is 9.51. The third-order valence-corrected chi connectivity index (χ3v) is 3.45. The van der Waals surface area contributed by atoms with E-state index in [9.17, 15) is 0 Å². The molecular weight excluding hydrogens is 270 g/mol. The van der Waals surface area contributed by atoms with Crippen LogP contribution in [0.25, 0.3) is 0 Å². The van der Waals surface area contributed by atoms with Crippen LogP contribution < -0.4 is 4.90 Å². The van der Waals surface area contributed by atoms with Crippen molar-refractivity contribution in [2.75, 3.05) is 11.9 Å². The number of hydrogen-bond donors (Lipinski definition) is 0. The topological polar surface area (TPSA) is 29.0 Å². The minimum Gasteiger partial charge on any atom is -0.329 e. The molecule has 0 fully saturated rings. The highest BCUT2D eigenvalue weighted by atomic mass is 35.5. The summed E-state index contributed by atoms with van der Waals surface area (Å²) in [4.78, 5) is 10.9. The van der Waals surface area contributed by atoms with Crippen LogP contribution in [0.15, 0.2) is 24.3 Å². The Balaban J connectivity index is 2.39. The van der Waals surface area contributed by atoms with Crippen LogP contribution in [0.5, 0.6) is 0 Å². The van der Waals surface area contributed by atoms with Gasteiger partial charge < -0.3 is 4.90 Å². The summed E-state index contributed by atoms with van der Waals surface area (Å²) in [5.74, 6) is 1.63. The van der Waals surface area contributed by atoms with E-state index in [4.69, 9.17) is 11.6 Å². The molecule has 1 aromatic carbocycles. The maximum Gasteiger partial charge on any atom is 0.137 e. The van der Waals surface area contributed by atoms with Gasteiger partial charge in [0.25, 0.3) is 0 Å². The summed E-state index contributed by atoms with van der Waals surface area (Å²) in [6, 6.07) is 8.19. The van der Waals surface area contributed by atoms with Crippen molar-refractivity contribution < 1.29 is 0 Å². The van der Waals surface area contributed by atoms with Gasteiger partial charge in [-0.2, -0.15) is 0 Å². The number of benzene rings is 1. The second-order valence-electron chi connectivity index (χ2n) is 5.06. The fourth-order valence-electron chi connectivity index (χ4n) is 2.26. The number of nitrogens with zero attached hydrogens (tertiary/aromatic N) is 3. The van der Waals surface area contributed by atoms with E-state index in [0.717, 1.165) is 30.2 Å². The van der Waals surface area contributed by atoms with E-state index in [0.29, 0.717) is 5.15 Å². The van der Waals surface area contributed by atoms with Crippen LogP contribution >= 0.6 is 11.6 Å². The molecule has 0 unspecified atom stereocenters. The van der Waals surface area contributed by atoms with Crippen LogP contribution in [0.4, 0.5) is 11.5 Å². The molecule has 1 aromatic heterocycles. The number of rotatable bonds is 4. The third-order valence-electron chi connectivity index (χ3n) is 3.26. The summed E-state index contributed by atoms with van der Waals surface area (Å²) in [6.45, 7) is 6.31. The molecule has 2 aromatic rings. The van der Waals surface area contributed by atoms with Gasteiger partial charge >= 0.3 is 0 Å². The normalized spacial score (nSPS) is 10.7. The van der Waals surface area contributed by atoms with Gasteiger partial charge in [-0.15, -0.1) is 0 Å². The number of hydrogen-bond acceptors (Lipinski definition) is 3. The Bertz CT molecular complexity index is 611. The van der Waals surface area contributed by atoms with Gasteiger partial charge in [0.2, 0.25) is 0 Å². The molecule has 106 valence electrons. The third kappa shape index (κ3) is 3.28. The van der Waals surface area contributed by atoms with Crippen molar-refractivity contribution in [3.63, 3.8) is 0 Å². The molecule has 0 saturated carbocycles. The zero-order chi connectivity index (χ0) is 14.7. The van der Waals surface area contributed by atoms with Crippen LogP contribution in [0, 0.1) is 13.8 Å². The number of aromatic nitrogens is 2. The Labute approximate surface area is 125 Å². The van der Waals surface area contributed by atoms with Gasteiger partial charge in [-0.1, -0.05) is 36.2 Å². The molecule has 0 saturated heterocycles. The van der Waals surface area contributed by atoms with E-state index in [1.54, 1.807) is 6.07 Å². The smallest absolute Gasteiger partial charge is 0.137 e. The van der Waals surface area contributed by atoms with Crippen molar-refractivity contribution >= 4 is 23.1 Å². The molecule has 4 heteroatoms. The van der Waals surface area contributed by atoms with Gasteiger partial charge in [0.1, 0.15) is 16.8 Å². The highest BCUT2D eigenvalue weighted by molar-refractivity contribution is 6.29. The molecule has 0 amide bonds. The molecule has 1 heterocycles.